The highest BCUT2D eigenvalue weighted by molar-refractivity contribution is 8.00. The summed E-state index contributed by atoms with van der Waals surface area (Å²) in [7, 11) is 0. The summed E-state index contributed by atoms with van der Waals surface area (Å²) in [6.45, 7) is 2.54. The van der Waals surface area contributed by atoms with E-state index in [2.05, 4.69) is 20.3 Å². The van der Waals surface area contributed by atoms with Gasteiger partial charge in [0, 0.05) is 11.8 Å². The molecule has 3 N–H and O–H groups in total. The van der Waals surface area contributed by atoms with Crippen LogP contribution < -0.4 is 5.32 Å². The average molecular weight is 357 g/mol. The molecule has 0 unspecified atom stereocenters. The molecule has 25 heavy (non-hydrogen) atoms. The maximum Gasteiger partial charge on any atom is 0.166 e. The molecule has 3 heterocycles. The van der Waals surface area contributed by atoms with Gasteiger partial charge < -0.3 is 15.5 Å². The van der Waals surface area contributed by atoms with Gasteiger partial charge in [-0.3, -0.25) is 4.57 Å². The Hall–Kier alpha value is -2.16. The minimum atomic E-state index is -0.854. The van der Waals surface area contributed by atoms with Crippen molar-refractivity contribution in [2.75, 3.05) is 5.32 Å². The minimum absolute atomic E-state index is 0.0463. The van der Waals surface area contributed by atoms with Crippen molar-refractivity contribution in [2.24, 2.45) is 0 Å². The van der Waals surface area contributed by atoms with Crippen molar-refractivity contribution < 1.29 is 10.2 Å². The van der Waals surface area contributed by atoms with E-state index < -0.39 is 12.2 Å². The first-order valence-electron chi connectivity index (χ1n) is 8.12. The largest absolute Gasteiger partial charge is 0.389 e. The van der Waals surface area contributed by atoms with Crippen LogP contribution in [0.5, 0.6) is 0 Å². The molecule has 0 radical (unpaired) electrons. The number of aromatic nitrogens is 4. The number of benzene rings is 1. The summed E-state index contributed by atoms with van der Waals surface area (Å²) in [5.41, 5.74) is 2.44. The van der Waals surface area contributed by atoms with E-state index in [4.69, 9.17) is 0 Å². The molecule has 4 rings (SSSR count). The van der Waals surface area contributed by atoms with Gasteiger partial charge in [0.25, 0.3) is 0 Å². The molecule has 2 aromatic heterocycles. The SMILES string of the molecule is C[C@@H]1S[C@@H](n2cnc3c(NCc4ccccc4)ncnc32)[C@H](O)[C@@H]1O. The van der Waals surface area contributed by atoms with Gasteiger partial charge in [-0.15, -0.1) is 11.8 Å². The number of rotatable bonds is 4. The fourth-order valence-electron chi connectivity index (χ4n) is 3.01. The third kappa shape index (κ3) is 2.97. The molecule has 1 aliphatic heterocycles. The van der Waals surface area contributed by atoms with E-state index in [1.54, 1.807) is 6.33 Å². The number of aliphatic hydroxyl groups is 2. The van der Waals surface area contributed by atoms with Crippen LogP contribution in [-0.4, -0.2) is 47.2 Å². The molecule has 1 fully saturated rings. The maximum absolute atomic E-state index is 10.3. The number of nitrogens with one attached hydrogen (secondary N) is 1. The minimum Gasteiger partial charge on any atom is -0.389 e. The summed E-state index contributed by atoms with van der Waals surface area (Å²) in [4.78, 5) is 13.1. The zero-order valence-electron chi connectivity index (χ0n) is 13.6. The summed E-state index contributed by atoms with van der Waals surface area (Å²) in [6, 6.07) is 10.0. The molecule has 8 heteroatoms. The van der Waals surface area contributed by atoms with Crippen molar-refractivity contribution in [1.82, 2.24) is 19.5 Å². The van der Waals surface area contributed by atoms with Crippen LogP contribution in [-0.2, 0) is 6.54 Å². The first-order chi connectivity index (χ1) is 12.1. The summed E-state index contributed by atoms with van der Waals surface area (Å²) >= 11 is 1.51. The van der Waals surface area contributed by atoms with Crippen LogP contribution in [0.15, 0.2) is 43.0 Å². The topological polar surface area (TPSA) is 96.1 Å². The third-order valence-electron chi connectivity index (χ3n) is 4.41. The molecule has 0 bridgehead atoms. The molecule has 0 aliphatic carbocycles. The predicted octanol–water partition coefficient (Wildman–Crippen LogP) is 1.79. The molecule has 1 aliphatic rings. The summed E-state index contributed by atoms with van der Waals surface area (Å²) in [5.74, 6) is 0.652. The van der Waals surface area contributed by atoms with Crippen molar-refractivity contribution >= 4 is 28.7 Å². The standard InChI is InChI=1S/C17H19N5O2S/c1-10-13(23)14(24)17(25-10)22-9-21-12-15(19-8-20-16(12)22)18-7-11-5-3-2-4-6-11/h2-6,8-10,13-14,17,23-24H,7H2,1H3,(H,18,19,20)/t10-,13+,14+,17+/m0/s1. The van der Waals surface area contributed by atoms with E-state index in [0.29, 0.717) is 23.5 Å². The van der Waals surface area contributed by atoms with Gasteiger partial charge >= 0.3 is 0 Å². The Balaban J connectivity index is 1.62. The molecule has 7 nitrogen and oxygen atoms in total. The molecule has 1 saturated heterocycles. The number of hydrogen-bond donors (Lipinski definition) is 3. The Morgan fingerprint density at radius 2 is 1.92 bits per heavy atom. The zero-order valence-corrected chi connectivity index (χ0v) is 14.5. The summed E-state index contributed by atoms with van der Waals surface area (Å²) in [5, 5.41) is 23.3. The fourth-order valence-corrected chi connectivity index (χ4v) is 4.38. The van der Waals surface area contributed by atoms with Crippen molar-refractivity contribution in [3.63, 3.8) is 0 Å². The van der Waals surface area contributed by atoms with Crippen LogP contribution in [0.4, 0.5) is 5.82 Å². The Morgan fingerprint density at radius 3 is 2.64 bits per heavy atom. The normalized spacial score (nSPS) is 26.2. The monoisotopic (exact) mass is 357 g/mol. The number of fused-ring (bicyclic) bond motifs is 1. The molecule has 0 saturated carbocycles. The van der Waals surface area contributed by atoms with E-state index >= 15 is 0 Å². The van der Waals surface area contributed by atoms with Gasteiger partial charge in [-0.25, -0.2) is 15.0 Å². The van der Waals surface area contributed by atoms with E-state index in [-0.39, 0.29) is 10.6 Å². The Kier molecular flexibility index (Phi) is 4.32. The lowest BCUT2D eigenvalue weighted by Crippen LogP contribution is -2.30. The van der Waals surface area contributed by atoms with Gasteiger partial charge in [-0.1, -0.05) is 37.3 Å². The lowest BCUT2D eigenvalue weighted by molar-refractivity contribution is 0.0206. The van der Waals surface area contributed by atoms with Crippen molar-refractivity contribution in [1.29, 1.82) is 0 Å². The van der Waals surface area contributed by atoms with E-state index in [1.807, 2.05) is 41.8 Å². The fraction of sp³-hybridized carbons (Fsp3) is 0.353. The number of hydrogen-bond acceptors (Lipinski definition) is 7. The highest BCUT2D eigenvalue weighted by Gasteiger charge is 2.41. The second-order valence-corrected chi connectivity index (χ2v) is 7.60. The Labute approximate surface area is 149 Å². The first kappa shape index (κ1) is 16.3. The predicted molar refractivity (Wildman–Crippen MR) is 97.2 cm³/mol. The average Bonchev–Trinajstić information content (AvgIpc) is 3.18. The van der Waals surface area contributed by atoms with E-state index in [1.165, 1.54) is 18.1 Å². The molecule has 0 spiro atoms. The van der Waals surface area contributed by atoms with Gasteiger partial charge in [0.05, 0.1) is 12.4 Å². The quantitative estimate of drug-likeness (QED) is 0.655. The van der Waals surface area contributed by atoms with Crippen molar-refractivity contribution in [3.8, 4) is 0 Å². The van der Waals surface area contributed by atoms with Crippen LogP contribution in [0.2, 0.25) is 0 Å². The Morgan fingerprint density at radius 1 is 1.12 bits per heavy atom. The third-order valence-corrected chi connectivity index (χ3v) is 5.91. The lowest BCUT2D eigenvalue weighted by Gasteiger charge is -2.17. The number of anilines is 1. The summed E-state index contributed by atoms with van der Waals surface area (Å²) in [6.07, 6.45) is 1.52. The second-order valence-electron chi connectivity index (χ2n) is 6.10. The number of thioether (sulfide) groups is 1. The lowest BCUT2D eigenvalue weighted by atomic mass is 10.1. The number of nitrogens with zero attached hydrogens (tertiary/aromatic N) is 4. The number of imidazole rings is 1. The molecule has 0 amide bonds. The van der Waals surface area contributed by atoms with Gasteiger partial charge in [0.2, 0.25) is 0 Å². The first-order valence-corrected chi connectivity index (χ1v) is 9.06. The van der Waals surface area contributed by atoms with Gasteiger partial charge in [-0.2, -0.15) is 0 Å². The van der Waals surface area contributed by atoms with Crippen LogP contribution in [0.1, 0.15) is 17.9 Å². The molecule has 1 aromatic carbocycles. The van der Waals surface area contributed by atoms with E-state index in [0.717, 1.165) is 5.56 Å². The highest BCUT2D eigenvalue weighted by atomic mass is 32.2. The molecule has 130 valence electrons. The molecular formula is C17H19N5O2S. The second kappa shape index (κ2) is 6.62. The molecular weight excluding hydrogens is 338 g/mol. The zero-order chi connectivity index (χ0) is 17.4. The van der Waals surface area contributed by atoms with E-state index in [9.17, 15) is 10.2 Å². The van der Waals surface area contributed by atoms with Crippen LogP contribution in [0.25, 0.3) is 11.2 Å². The van der Waals surface area contributed by atoms with Crippen LogP contribution >= 0.6 is 11.8 Å². The highest BCUT2D eigenvalue weighted by Crippen LogP contribution is 2.42. The van der Waals surface area contributed by atoms with Crippen LogP contribution in [0, 0.1) is 0 Å². The number of aliphatic hydroxyl groups excluding tert-OH is 2. The van der Waals surface area contributed by atoms with Gasteiger partial charge in [0.1, 0.15) is 23.3 Å². The molecule has 4 atom stereocenters. The smallest absolute Gasteiger partial charge is 0.166 e. The van der Waals surface area contributed by atoms with Crippen molar-refractivity contribution in [3.05, 3.63) is 48.5 Å². The van der Waals surface area contributed by atoms with Crippen molar-refractivity contribution in [2.45, 2.75) is 36.3 Å². The maximum atomic E-state index is 10.3. The van der Waals surface area contributed by atoms with Gasteiger partial charge in [-0.05, 0) is 5.56 Å². The molecule has 3 aromatic rings. The Bertz CT molecular complexity index is 872. The van der Waals surface area contributed by atoms with Crippen LogP contribution in [0.3, 0.4) is 0 Å². The van der Waals surface area contributed by atoms with Gasteiger partial charge in [0.15, 0.2) is 11.5 Å². The summed E-state index contributed by atoms with van der Waals surface area (Å²) < 4.78 is 1.81.